The lowest BCUT2D eigenvalue weighted by Gasteiger charge is -2.30. The van der Waals surface area contributed by atoms with Crippen molar-refractivity contribution >= 4 is 45.7 Å². The first-order valence-electron chi connectivity index (χ1n) is 18.1. The van der Waals surface area contributed by atoms with Crippen LogP contribution in [-0.2, 0) is 51.8 Å². The molecule has 2 heterocycles. The minimum atomic E-state index is -3.97. The van der Waals surface area contributed by atoms with Crippen LogP contribution >= 0.6 is 0 Å². The number of sulfonamides is 1. The number of halogens is 1. The van der Waals surface area contributed by atoms with Crippen LogP contribution in [0.5, 0.6) is 0 Å². The van der Waals surface area contributed by atoms with Crippen LogP contribution in [0.2, 0.25) is 0 Å². The predicted molar refractivity (Wildman–Crippen MR) is 192 cm³/mol. The Hall–Kier alpha value is -4.80. The highest BCUT2D eigenvalue weighted by Crippen LogP contribution is 2.45. The number of hydrogen-bond acceptors (Lipinski definition) is 10. The van der Waals surface area contributed by atoms with Crippen LogP contribution < -0.4 is 15.4 Å². The summed E-state index contributed by atoms with van der Waals surface area (Å²) < 4.78 is 53.0. The smallest absolute Gasteiger partial charge is 0.410 e. The van der Waals surface area contributed by atoms with Crippen LogP contribution in [0, 0.1) is 11.7 Å². The predicted octanol–water partition coefficient (Wildman–Crippen LogP) is 3.13. The first kappa shape index (κ1) is 40.4. The van der Waals surface area contributed by atoms with Crippen LogP contribution in [0.25, 0.3) is 0 Å². The Morgan fingerprint density at radius 3 is 2.46 bits per heavy atom. The van der Waals surface area contributed by atoms with Crippen LogP contribution in [0.4, 0.5) is 14.0 Å². The van der Waals surface area contributed by atoms with Crippen molar-refractivity contribution in [3.63, 3.8) is 0 Å². The lowest BCUT2D eigenvalue weighted by atomic mass is 10.1. The molecule has 0 bridgehead atoms. The van der Waals surface area contributed by atoms with Crippen molar-refractivity contribution in [2.45, 2.75) is 120 Å². The number of amides is 5. The summed E-state index contributed by atoms with van der Waals surface area (Å²) in [5.41, 5.74) is -1.64. The second-order valence-electron chi connectivity index (χ2n) is 15.2. The molecule has 2 aliphatic heterocycles. The zero-order valence-corrected chi connectivity index (χ0v) is 31.7. The van der Waals surface area contributed by atoms with E-state index < -0.39 is 86.2 Å². The third-order valence-electron chi connectivity index (χ3n) is 9.76. The second-order valence-corrected chi connectivity index (χ2v) is 17.1. The van der Waals surface area contributed by atoms with E-state index in [1.165, 1.54) is 29.2 Å². The summed E-state index contributed by atoms with van der Waals surface area (Å²) in [6, 6.07) is 1.80. The highest BCUT2D eigenvalue weighted by Gasteiger charge is 2.62. The van der Waals surface area contributed by atoms with Crippen molar-refractivity contribution in [3.8, 4) is 0 Å². The van der Waals surface area contributed by atoms with E-state index in [0.717, 1.165) is 4.90 Å². The molecule has 1 saturated heterocycles. The molecule has 294 valence electrons. The zero-order chi connectivity index (χ0) is 39.6. The number of benzene rings is 1. The van der Waals surface area contributed by atoms with Gasteiger partial charge in [0.25, 0.3) is 5.91 Å². The number of rotatable bonds is 14. The number of carbonyl (C=O) groups is 6. The molecule has 4 aliphatic rings. The van der Waals surface area contributed by atoms with Gasteiger partial charge in [0.2, 0.25) is 21.8 Å². The maximum atomic E-state index is 14.4. The van der Waals surface area contributed by atoms with E-state index in [-0.39, 0.29) is 51.1 Å². The highest BCUT2D eigenvalue weighted by atomic mass is 32.2. The van der Waals surface area contributed by atoms with Gasteiger partial charge < -0.3 is 25.0 Å². The summed E-state index contributed by atoms with van der Waals surface area (Å²) in [6.07, 6.45) is 2.57. The average Bonchev–Trinajstić information content (AvgIpc) is 3.98. The number of nitrogens with one attached hydrogen (secondary N) is 3. The number of ether oxygens (including phenoxy) is 2. The number of carbonyl (C=O) groups excluding carboxylic acids is 6. The molecule has 5 rings (SSSR count). The lowest BCUT2D eigenvalue weighted by Crippen LogP contribution is -2.58. The molecule has 2 saturated carbocycles. The Balaban J connectivity index is 1.39. The molecule has 5 atom stereocenters. The van der Waals surface area contributed by atoms with Crippen molar-refractivity contribution in [3.05, 3.63) is 60.0 Å². The number of allylic oxidation sites excluding steroid dienone is 2. The van der Waals surface area contributed by atoms with Gasteiger partial charge in [-0.3, -0.25) is 28.8 Å². The molecule has 2 aliphatic carbocycles. The van der Waals surface area contributed by atoms with E-state index >= 15 is 0 Å². The number of alkyl carbamates (subject to hydrolysis) is 1. The van der Waals surface area contributed by atoms with Gasteiger partial charge in [0, 0.05) is 30.9 Å². The van der Waals surface area contributed by atoms with Gasteiger partial charge in [-0.25, -0.2) is 22.4 Å². The molecule has 2 unspecified atom stereocenters. The number of hydrogen-bond donors (Lipinski definition) is 3. The SMILES string of the molecule is C=CC1CC1(NC(=O)[C@@H]1C[C@@H](OC(=O)N2Cc3cccc(F)c3C2)CN1C(=O)[C@H](CCC(=O)/C=C/CC)NC(=O)OC(C)(C)C)C(=O)NS(=O)(=O)C1CC1. The number of ketones is 1. The maximum Gasteiger partial charge on any atom is 0.410 e. The Labute approximate surface area is 314 Å². The van der Waals surface area contributed by atoms with E-state index in [1.54, 1.807) is 32.9 Å². The third kappa shape index (κ3) is 9.46. The van der Waals surface area contributed by atoms with E-state index in [2.05, 4.69) is 21.9 Å². The lowest BCUT2D eigenvalue weighted by molar-refractivity contribution is -0.141. The quantitative estimate of drug-likeness (QED) is 0.187. The van der Waals surface area contributed by atoms with E-state index in [4.69, 9.17) is 9.47 Å². The first-order chi connectivity index (χ1) is 25.4. The molecule has 0 spiro atoms. The van der Waals surface area contributed by atoms with Gasteiger partial charge in [-0.1, -0.05) is 31.2 Å². The molecular weight excluding hydrogens is 725 g/mol. The molecule has 0 aromatic heterocycles. The number of fused-ring (bicyclic) bond motifs is 1. The summed E-state index contributed by atoms with van der Waals surface area (Å²) in [6.45, 7) is 10.2. The van der Waals surface area contributed by atoms with E-state index in [0.29, 0.717) is 30.4 Å². The molecule has 3 N–H and O–H groups in total. The van der Waals surface area contributed by atoms with Crippen molar-refractivity contribution in [2.24, 2.45) is 5.92 Å². The van der Waals surface area contributed by atoms with Gasteiger partial charge in [0.15, 0.2) is 5.78 Å². The molecular formula is C37H48FN5O10S. The second kappa shape index (κ2) is 15.9. The van der Waals surface area contributed by atoms with Gasteiger partial charge >= 0.3 is 12.2 Å². The minimum absolute atomic E-state index is 0.0488. The fourth-order valence-electron chi connectivity index (χ4n) is 6.65. The largest absolute Gasteiger partial charge is 0.444 e. The average molecular weight is 774 g/mol. The van der Waals surface area contributed by atoms with E-state index in [9.17, 15) is 41.6 Å². The first-order valence-corrected chi connectivity index (χ1v) is 19.6. The zero-order valence-electron chi connectivity index (χ0n) is 30.9. The molecule has 54 heavy (non-hydrogen) atoms. The molecule has 0 radical (unpaired) electrons. The molecule has 1 aromatic rings. The third-order valence-corrected chi connectivity index (χ3v) is 11.6. The Kier molecular flexibility index (Phi) is 11.9. The van der Waals surface area contributed by atoms with Gasteiger partial charge in [0.1, 0.15) is 35.1 Å². The summed E-state index contributed by atoms with van der Waals surface area (Å²) in [4.78, 5) is 83.2. The van der Waals surface area contributed by atoms with Crippen molar-refractivity contribution in [2.75, 3.05) is 6.54 Å². The Bertz CT molecular complexity index is 1840. The van der Waals surface area contributed by atoms with Gasteiger partial charge in [-0.05, 0) is 70.6 Å². The van der Waals surface area contributed by atoms with Crippen LogP contribution in [0.3, 0.4) is 0 Å². The van der Waals surface area contributed by atoms with Gasteiger partial charge in [-0.15, -0.1) is 6.58 Å². The minimum Gasteiger partial charge on any atom is -0.444 e. The van der Waals surface area contributed by atoms with Crippen LogP contribution in [0.1, 0.15) is 83.8 Å². The molecule has 15 nitrogen and oxygen atoms in total. The highest BCUT2D eigenvalue weighted by molar-refractivity contribution is 7.91. The number of nitrogens with zero attached hydrogens (tertiary/aromatic N) is 2. The molecule has 3 fully saturated rings. The molecule has 1 aromatic carbocycles. The van der Waals surface area contributed by atoms with Crippen molar-refractivity contribution in [1.29, 1.82) is 0 Å². The van der Waals surface area contributed by atoms with Crippen LogP contribution in [0.15, 0.2) is 43.0 Å². The summed E-state index contributed by atoms with van der Waals surface area (Å²) >= 11 is 0. The number of likely N-dealkylation sites (tertiary alicyclic amines) is 1. The summed E-state index contributed by atoms with van der Waals surface area (Å²) in [7, 11) is -3.97. The normalized spacial score (nSPS) is 24.0. The van der Waals surface area contributed by atoms with Crippen molar-refractivity contribution < 1.29 is 51.0 Å². The maximum absolute atomic E-state index is 14.4. The fraction of sp³-hybridized carbons (Fsp3) is 0.568. The van der Waals surface area contributed by atoms with Gasteiger partial charge in [0.05, 0.1) is 18.3 Å². The fourth-order valence-corrected chi connectivity index (χ4v) is 8.01. The topological polar surface area (TPSA) is 198 Å². The van der Waals surface area contributed by atoms with E-state index in [1.807, 2.05) is 6.92 Å². The summed E-state index contributed by atoms with van der Waals surface area (Å²) in [5, 5.41) is 4.48. The molecule has 17 heteroatoms. The standard InChI is InChI=1S/C37H48FN5O10S/c1-6-8-11-24(44)13-16-29(39-34(48)53-36(3,4)5)32(46)43-20-25(52-35(49)42-19-22-10-9-12-28(38)27(22)21-42)17-30(43)31(45)40-37(18-23(37)7-2)33(47)41-54(50,51)26-14-15-26/h7-12,23,25-26,29-30H,2,6,13-21H2,1,3-5H3,(H,39,48)(H,40,45)(H,41,47)/b11-8+/t23?,25-,29+,30+,37?/m1/s1. The Morgan fingerprint density at radius 1 is 1.13 bits per heavy atom. The molecule has 5 amide bonds. The summed E-state index contributed by atoms with van der Waals surface area (Å²) in [5.74, 6) is -3.94. The van der Waals surface area contributed by atoms with Crippen LogP contribution in [-0.4, -0.2) is 95.0 Å². The monoisotopic (exact) mass is 773 g/mol. The van der Waals surface area contributed by atoms with Crippen molar-refractivity contribution in [1.82, 2.24) is 25.2 Å². The van der Waals surface area contributed by atoms with Gasteiger partial charge in [-0.2, -0.15) is 0 Å². The Morgan fingerprint density at radius 2 is 1.85 bits per heavy atom.